The highest BCUT2D eigenvalue weighted by Gasteiger charge is 2.46. The first-order valence-corrected chi connectivity index (χ1v) is 10.2. The van der Waals surface area contributed by atoms with Gasteiger partial charge in [0.25, 0.3) is 0 Å². The molecule has 0 radical (unpaired) electrons. The minimum Gasteiger partial charge on any atom is -0.497 e. The molecule has 3 aromatic rings. The second kappa shape index (κ2) is 7.62. The molecule has 0 aromatic heterocycles. The molecule has 3 aromatic carbocycles. The zero-order chi connectivity index (χ0) is 19.8. The van der Waals surface area contributed by atoms with Gasteiger partial charge in [0.05, 0.1) is 7.11 Å². The third kappa shape index (κ3) is 3.54. The molecular weight excluding hydrogens is 363 g/mol. The lowest BCUT2D eigenvalue weighted by atomic mass is 9.74. The third-order valence-corrected chi connectivity index (χ3v) is 6.23. The van der Waals surface area contributed by atoms with Gasteiger partial charge in [-0.2, -0.15) is 0 Å². The van der Waals surface area contributed by atoms with Crippen LogP contribution in [0.4, 0.5) is 4.39 Å². The van der Waals surface area contributed by atoms with E-state index in [0.29, 0.717) is 23.6 Å². The topological polar surface area (TPSA) is 24.5 Å². The first-order valence-electron chi connectivity index (χ1n) is 10.2. The zero-order valence-corrected chi connectivity index (χ0v) is 16.5. The van der Waals surface area contributed by atoms with Crippen molar-refractivity contribution < 1.29 is 9.13 Å². The molecule has 1 unspecified atom stereocenters. The number of rotatable bonds is 5. The molecule has 0 aliphatic carbocycles. The van der Waals surface area contributed by atoms with Crippen molar-refractivity contribution in [3.05, 3.63) is 89.7 Å². The molecule has 3 nitrogen and oxygen atoms in total. The van der Waals surface area contributed by atoms with Gasteiger partial charge >= 0.3 is 0 Å². The Morgan fingerprint density at radius 3 is 2.45 bits per heavy atom. The smallest absolute Gasteiger partial charge is 0.131 e. The number of halogens is 1. The van der Waals surface area contributed by atoms with Crippen LogP contribution in [0.25, 0.3) is 11.1 Å². The van der Waals surface area contributed by atoms with E-state index in [1.807, 2.05) is 18.2 Å². The van der Waals surface area contributed by atoms with E-state index in [9.17, 15) is 4.39 Å². The van der Waals surface area contributed by atoms with Gasteiger partial charge < -0.3 is 10.1 Å². The fraction of sp³-hybridized carbons (Fsp3) is 0.280. The number of nitrogens with zero attached hydrogens (tertiary/aromatic N) is 1. The first-order chi connectivity index (χ1) is 14.2. The van der Waals surface area contributed by atoms with Crippen LogP contribution in [0, 0.1) is 5.82 Å². The summed E-state index contributed by atoms with van der Waals surface area (Å²) in [5.41, 5.74) is 4.23. The summed E-state index contributed by atoms with van der Waals surface area (Å²) in [6, 6.07) is 24.7. The SMILES string of the molecule is COc1cccc(CN2C[C@@H]3N[C@H](C2)C3c2ccc(-c3ccccc3F)cc2)c1. The van der Waals surface area contributed by atoms with E-state index in [1.165, 1.54) is 17.2 Å². The van der Waals surface area contributed by atoms with Crippen LogP contribution >= 0.6 is 0 Å². The van der Waals surface area contributed by atoms with E-state index in [1.54, 1.807) is 13.2 Å². The maximum Gasteiger partial charge on any atom is 0.131 e. The van der Waals surface area contributed by atoms with Crippen molar-refractivity contribution in [1.82, 2.24) is 10.2 Å². The molecule has 1 N–H and O–H groups in total. The highest BCUT2D eigenvalue weighted by molar-refractivity contribution is 5.64. The molecule has 3 saturated heterocycles. The normalized spacial score (nSPS) is 23.4. The van der Waals surface area contributed by atoms with Crippen LogP contribution in [0.5, 0.6) is 5.75 Å². The van der Waals surface area contributed by atoms with Crippen LogP contribution in [0.15, 0.2) is 72.8 Å². The summed E-state index contributed by atoms with van der Waals surface area (Å²) < 4.78 is 19.4. The number of benzene rings is 3. The second-order valence-corrected chi connectivity index (χ2v) is 8.05. The lowest BCUT2D eigenvalue weighted by molar-refractivity contribution is 0.0470. The number of fused-ring (bicyclic) bond motifs is 2. The third-order valence-electron chi connectivity index (χ3n) is 6.23. The zero-order valence-electron chi connectivity index (χ0n) is 16.5. The van der Waals surface area contributed by atoms with Gasteiger partial charge in [0, 0.05) is 43.2 Å². The van der Waals surface area contributed by atoms with E-state index in [2.05, 4.69) is 52.7 Å². The molecular formula is C25H25FN2O. The van der Waals surface area contributed by atoms with Gasteiger partial charge in [-0.25, -0.2) is 4.39 Å². The van der Waals surface area contributed by atoms with Gasteiger partial charge in [-0.1, -0.05) is 54.6 Å². The number of piperidine rings is 1. The van der Waals surface area contributed by atoms with E-state index >= 15 is 0 Å². The van der Waals surface area contributed by atoms with Crippen LogP contribution < -0.4 is 10.1 Å². The largest absolute Gasteiger partial charge is 0.497 e. The van der Waals surface area contributed by atoms with Gasteiger partial charge in [0.1, 0.15) is 11.6 Å². The molecule has 4 heteroatoms. The lowest BCUT2D eigenvalue weighted by Crippen LogP contribution is -2.71. The first kappa shape index (κ1) is 18.3. The van der Waals surface area contributed by atoms with Crippen molar-refractivity contribution in [3.63, 3.8) is 0 Å². The Kier molecular flexibility index (Phi) is 4.82. The Hall–Kier alpha value is -2.69. The van der Waals surface area contributed by atoms with Crippen LogP contribution in [0.1, 0.15) is 17.0 Å². The lowest BCUT2D eigenvalue weighted by Gasteiger charge is -2.55. The molecule has 3 aliphatic heterocycles. The molecule has 148 valence electrons. The molecule has 2 bridgehead atoms. The summed E-state index contributed by atoms with van der Waals surface area (Å²) >= 11 is 0. The van der Waals surface area contributed by atoms with Crippen LogP contribution in [-0.2, 0) is 6.54 Å². The van der Waals surface area contributed by atoms with Crippen molar-refractivity contribution >= 4 is 0 Å². The number of piperazine rings is 1. The van der Waals surface area contributed by atoms with E-state index < -0.39 is 0 Å². The molecule has 3 fully saturated rings. The van der Waals surface area contributed by atoms with Crippen molar-refractivity contribution in [2.24, 2.45) is 0 Å². The van der Waals surface area contributed by atoms with Crippen molar-refractivity contribution in [3.8, 4) is 16.9 Å². The molecule has 3 aliphatic rings. The summed E-state index contributed by atoms with van der Waals surface area (Å²) in [6.45, 7) is 3.02. The fourth-order valence-corrected chi connectivity index (χ4v) is 4.81. The van der Waals surface area contributed by atoms with E-state index in [-0.39, 0.29) is 5.82 Å². The van der Waals surface area contributed by atoms with Crippen LogP contribution in [-0.4, -0.2) is 37.2 Å². The van der Waals surface area contributed by atoms with Crippen LogP contribution in [0.3, 0.4) is 0 Å². The van der Waals surface area contributed by atoms with Gasteiger partial charge in [-0.05, 0) is 34.9 Å². The molecule has 29 heavy (non-hydrogen) atoms. The number of ether oxygens (including phenoxy) is 1. The van der Waals surface area contributed by atoms with Gasteiger partial charge in [0.2, 0.25) is 0 Å². The minimum atomic E-state index is -0.171. The average molecular weight is 388 g/mol. The number of hydrogen-bond donors (Lipinski definition) is 1. The van der Waals surface area contributed by atoms with Crippen molar-refractivity contribution in [1.29, 1.82) is 0 Å². The maximum atomic E-state index is 14.0. The predicted octanol–water partition coefficient (Wildman–Crippen LogP) is 4.44. The Balaban J connectivity index is 1.26. The average Bonchev–Trinajstić information content (AvgIpc) is 2.75. The summed E-state index contributed by atoms with van der Waals surface area (Å²) in [7, 11) is 1.71. The molecule has 0 saturated carbocycles. The maximum absolute atomic E-state index is 14.0. The Bertz CT molecular complexity index is 992. The Morgan fingerprint density at radius 1 is 0.966 bits per heavy atom. The molecule has 0 spiro atoms. The minimum absolute atomic E-state index is 0.171. The number of nitrogens with one attached hydrogen (secondary N) is 1. The van der Waals surface area contributed by atoms with Gasteiger partial charge in [-0.15, -0.1) is 0 Å². The molecule has 0 amide bonds. The van der Waals surface area contributed by atoms with Gasteiger partial charge in [0.15, 0.2) is 0 Å². The van der Waals surface area contributed by atoms with Gasteiger partial charge in [-0.3, -0.25) is 4.90 Å². The molecule has 3 atom stereocenters. The molecule has 3 heterocycles. The van der Waals surface area contributed by atoms with Crippen molar-refractivity contribution in [2.45, 2.75) is 24.5 Å². The Labute approximate surface area is 171 Å². The molecule has 6 rings (SSSR count). The monoisotopic (exact) mass is 388 g/mol. The highest BCUT2D eigenvalue weighted by atomic mass is 19.1. The summed E-state index contributed by atoms with van der Waals surface area (Å²) in [6.07, 6.45) is 0. The van der Waals surface area contributed by atoms with Crippen LogP contribution in [0.2, 0.25) is 0 Å². The standard InChI is InChI=1S/C25H25FN2O/c1-29-20-6-4-5-17(13-20)14-28-15-23-25(24(16-28)27-23)19-11-9-18(10-12-19)21-7-2-3-8-22(21)26/h2-13,23-25,27H,14-16H2,1H3/t23-,24+,25?. The summed E-state index contributed by atoms with van der Waals surface area (Å²) in [4.78, 5) is 2.52. The van der Waals surface area contributed by atoms with E-state index in [4.69, 9.17) is 4.74 Å². The fourth-order valence-electron chi connectivity index (χ4n) is 4.81. The Morgan fingerprint density at radius 2 is 1.72 bits per heavy atom. The summed E-state index contributed by atoms with van der Waals surface area (Å²) in [5, 5.41) is 3.70. The highest BCUT2D eigenvalue weighted by Crippen LogP contribution is 2.38. The van der Waals surface area contributed by atoms with E-state index in [0.717, 1.165) is 30.9 Å². The second-order valence-electron chi connectivity index (χ2n) is 8.05. The number of hydrogen-bond acceptors (Lipinski definition) is 3. The number of methoxy groups -OCH3 is 1. The summed E-state index contributed by atoms with van der Waals surface area (Å²) in [5.74, 6) is 1.28. The van der Waals surface area contributed by atoms with Crippen molar-refractivity contribution in [2.75, 3.05) is 20.2 Å². The predicted molar refractivity (Wildman–Crippen MR) is 114 cm³/mol. The quantitative estimate of drug-likeness (QED) is 0.699.